The van der Waals surface area contributed by atoms with Crippen LogP contribution in [0.5, 0.6) is 0 Å². The van der Waals surface area contributed by atoms with E-state index in [9.17, 15) is 13.6 Å². The van der Waals surface area contributed by atoms with E-state index in [1.54, 1.807) is 0 Å². The van der Waals surface area contributed by atoms with Crippen LogP contribution in [0.4, 0.5) is 8.78 Å². The first kappa shape index (κ1) is 12.6. The van der Waals surface area contributed by atoms with E-state index in [0.717, 1.165) is 0 Å². The van der Waals surface area contributed by atoms with Crippen LogP contribution in [-0.2, 0) is 10.2 Å². The molecule has 1 N–H and O–H groups in total. The summed E-state index contributed by atoms with van der Waals surface area (Å²) < 4.78 is 25.9. The van der Waals surface area contributed by atoms with E-state index in [1.165, 1.54) is 18.2 Å². The van der Waals surface area contributed by atoms with Crippen molar-refractivity contribution >= 4 is 29.2 Å². The number of carbonyl (C=O) groups is 1. The van der Waals surface area contributed by atoms with Gasteiger partial charge in [0.1, 0.15) is 5.41 Å². The molecule has 1 fully saturated rings. The van der Waals surface area contributed by atoms with Crippen molar-refractivity contribution in [3.8, 4) is 0 Å². The standard InChI is InChI=1S/C11H8Cl2F2O2/c12-7-3-1-2-6(8(7)13)10(9(16)17)4-11(14,15)5-10/h1-3H,4-5H2,(H,16,17). The Morgan fingerprint density at radius 1 is 1.29 bits per heavy atom. The van der Waals surface area contributed by atoms with Crippen LogP contribution in [0.15, 0.2) is 18.2 Å². The zero-order valence-electron chi connectivity index (χ0n) is 8.51. The van der Waals surface area contributed by atoms with E-state index in [4.69, 9.17) is 28.3 Å². The molecule has 6 heteroatoms. The Morgan fingerprint density at radius 3 is 2.35 bits per heavy atom. The van der Waals surface area contributed by atoms with Gasteiger partial charge in [0, 0.05) is 12.8 Å². The first-order valence-electron chi connectivity index (χ1n) is 4.84. The Balaban J connectivity index is 2.50. The van der Waals surface area contributed by atoms with Crippen LogP contribution < -0.4 is 0 Å². The summed E-state index contributed by atoms with van der Waals surface area (Å²) in [6.07, 6.45) is -1.48. The fourth-order valence-electron chi connectivity index (χ4n) is 2.16. The summed E-state index contributed by atoms with van der Waals surface area (Å²) in [5, 5.41) is 9.35. The SMILES string of the molecule is O=C(O)C1(c2cccc(Cl)c2Cl)CC(F)(F)C1. The van der Waals surface area contributed by atoms with Crippen LogP contribution >= 0.6 is 23.2 Å². The zero-order valence-corrected chi connectivity index (χ0v) is 10.0. The topological polar surface area (TPSA) is 37.3 Å². The van der Waals surface area contributed by atoms with Crippen molar-refractivity contribution < 1.29 is 18.7 Å². The van der Waals surface area contributed by atoms with Crippen LogP contribution in [0.3, 0.4) is 0 Å². The number of rotatable bonds is 2. The summed E-state index contributed by atoms with van der Waals surface area (Å²) in [4.78, 5) is 11.2. The van der Waals surface area contributed by atoms with Crippen LogP contribution in [0.25, 0.3) is 0 Å². The lowest BCUT2D eigenvalue weighted by molar-refractivity contribution is -0.174. The Kier molecular flexibility index (Phi) is 2.83. The van der Waals surface area contributed by atoms with Gasteiger partial charge in [0.05, 0.1) is 10.0 Å². The maximum Gasteiger partial charge on any atom is 0.314 e. The monoisotopic (exact) mass is 280 g/mol. The number of carboxylic acid groups (broad SMARTS) is 1. The van der Waals surface area contributed by atoms with Crippen molar-refractivity contribution in [3.05, 3.63) is 33.8 Å². The molecule has 0 bridgehead atoms. The van der Waals surface area contributed by atoms with Gasteiger partial charge in [-0.1, -0.05) is 35.3 Å². The second kappa shape index (κ2) is 3.82. The highest BCUT2D eigenvalue weighted by atomic mass is 35.5. The van der Waals surface area contributed by atoms with E-state index in [0.29, 0.717) is 0 Å². The largest absolute Gasteiger partial charge is 0.481 e. The molecule has 0 radical (unpaired) electrons. The molecule has 0 aromatic heterocycles. The molecule has 92 valence electrons. The van der Waals surface area contributed by atoms with Crippen molar-refractivity contribution in [2.24, 2.45) is 0 Å². The van der Waals surface area contributed by atoms with Gasteiger partial charge >= 0.3 is 5.97 Å². The summed E-state index contributed by atoms with van der Waals surface area (Å²) in [5.74, 6) is -4.25. The minimum atomic E-state index is -2.95. The van der Waals surface area contributed by atoms with Crippen LogP contribution in [0.1, 0.15) is 18.4 Å². The number of hydrogen-bond donors (Lipinski definition) is 1. The highest BCUT2D eigenvalue weighted by molar-refractivity contribution is 6.42. The molecule has 1 aromatic rings. The average molecular weight is 281 g/mol. The molecular formula is C11H8Cl2F2O2. The molecule has 1 aromatic carbocycles. The lowest BCUT2D eigenvalue weighted by Gasteiger charge is -2.44. The summed E-state index contributed by atoms with van der Waals surface area (Å²) in [6.45, 7) is 0. The number of carboxylic acids is 1. The Hall–Kier alpha value is -0.870. The van der Waals surface area contributed by atoms with E-state index in [2.05, 4.69) is 0 Å². The number of halogens is 4. The molecule has 0 saturated heterocycles. The molecular weight excluding hydrogens is 273 g/mol. The minimum absolute atomic E-state index is 0.0343. The quantitative estimate of drug-likeness (QED) is 0.896. The zero-order chi connectivity index (χ0) is 12.8. The van der Waals surface area contributed by atoms with E-state index in [1.807, 2.05) is 0 Å². The molecule has 0 amide bonds. The van der Waals surface area contributed by atoms with Gasteiger partial charge < -0.3 is 5.11 Å². The predicted octanol–water partition coefficient (Wildman–Crippen LogP) is 3.74. The molecule has 0 heterocycles. The number of benzene rings is 1. The number of hydrogen-bond acceptors (Lipinski definition) is 1. The fourth-order valence-corrected chi connectivity index (χ4v) is 2.64. The molecule has 0 unspecified atom stereocenters. The van der Waals surface area contributed by atoms with E-state index < -0.39 is 30.1 Å². The van der Waals surface area contributed by atoms with E-state index in [-0.39, 0.29) is 15.6 Å². The maximum absolute atomic E-state index is 13.0. The fraction of sp³-hybridized carbons (Fsp3) is 0.364. The molecule has 1 saturated carbocycles. The smallest absolute Gasteiger partial charge is 0.314 e. The Bertz CT molecular complexity index is 480. The lowest BCUT2D eigenvalue weighted by Crippen LogP contribution is -2.54. The molecule has 0 spiro atoms. The molecule has 0 aliphatic heterocycles. The molecule has 0 atom stereocenters. The molecule has 2 nitrogen and oxygen atoms in total. The van der Waals surface area contributed by atoms with Gasteiger partial charge in [-0.25, -0.2) is 8.78 Å². The van der Waals surface area contributed by atoms with Crippen molar-refractivity contribution in [1.29, 1.82) is 0 Å². The second-order valence-electron chi connectivity index (χ2n) is 4.20. The Morgan fingerprint density at radius 2 is 1.88 bits per heavy atom. The molecule has 2 rings (SSSR count). The third kappa shape index (κ3) is 1.89. The Labute approximate surface area is 106 Å². The number of aliphatic carboxylic acids is 1. The van der Waals surface area contributed by atoms with Gasteiger partial charge in [-0.2, -0.15) is 0 Å². The van der Waals surface area contributed by atoms with Crippen molar-refractivity contribution in [2.75, 3.05) is 0 Å². The normalized spacial score (nSPS) is 20.7. The van der Waals surface area contributed by atoms with Gasteiger partial charge in [0.25, 0.3) is 5.92 Å². The van der Waals surface area contributed by atoms with Crippen molar-refractivity contribution in [2.45, 2.75) is 24.2 Å². The van der Waals surface area contributed by atoms with Crippen LogP contribution in [0.2, 0.25) is 10.0 Å². The predicted molar refractivity (Wildman–Crippen MR) is 60.0 cm³/mol. The van der Waals surface area contributed by atoms with Gasteiger partial charge in [0.15, 0.2) is 0 Å². The lowest BCUT2D eigenvalue weighted by atomic mass is 9.62. The van der Waals surface area contributed by atoms with E-state index >= 15 is 0 Å². The van der Waals surface area contributed by atoms with Crippen molar-refractivity contribution in [3.63, 3.8) is 0 Å². The van der Waals surface area contributed by atoms with Gasteiger partial charge in [-0.3, -0.25) is 4.79 Å². The summed E-state index contributed by atoms with van der Waals surface area (Å²) in [5.41, 5.74) is -1.46. The van der Waals surface area contributed by atoms with Gasteiger partial charge in [0.2, 0.25) is 0 Å². The van der Waals surface area contributed by atoms with Gasteiger partial charge in [-0.05, 0) is 11.6 Å². The summed E-state index contributed by atoms with van der Waals surface area (Å²) in [7, 11) is 0. The highest BCUT2D eigenvalue weighted by Crippen LogP contribution is 2.55. The van der Waals surface area contributed by atoms with Crippen molar-refractivity contribution in [1.82, 2.24) is 0 Å². The molecule has 1 aliphatic carbocycles. The van der Waals surface area contributed by atoms with Crippen LogP contribution in [-0.4, -0.2) is 17.0 Å². The molecule has 1 aliphatic rings. The second-order valence-corrected chi connectivity index (χ2v) is 4.98. The first-order valence-corrected chi connectivity index (χ1v) is 5.60. The third-order valence-corrected chi connectivity index (χ3v) is 3.82. The third-order valence-electron chi connectivity index (χ3n) is 3.00. The summed E-state index contributed by atoms with van der Waals surface area (Å²) in [6, 6.07) is 4.42. The number of alkyl halides is 2. The van der Waals surface area contributed by atoms with Crippen LogP contribution in [0, 0.1) is 0 Å². The first-order chi connectivity index (χ1) is 7.78. The summed E-state index contributed by atoms with van der Waals surface area (Å²) >= 11 is 11.7. The molecule has 17 heavy (non-hydrogen) atoms. The maximum atomic E-state index is 13.0. The minimum Gasteiger partial charge on any atom is -0.481 e. The average Bonchev–Trinajstić information content (AvgIpc) is 2.17. The highest BCUT2D eigenvalue weighted by Gasteiger charge is 2.62. The van der Waals surface area contributed by atoms with Gasteiger partial charge in [-0.15, -0.1) is 0 Å².